The fourth-order valence-electron chi connectivity index (χ4n) is 4.38. The summed E-state index contributed by atoms with van der Waals surface area (Å²) >= 11 is 0. The second kappa shape index (κ2) is 7.65. The predicted octanol–water partition coefficient (Wildman–Crippen LogP) is 3.19. The second-order valence-electron chi connectivity index (χ2n) is 7.55. The van der Waals surface area contributed by atoms with Crippen LogP contribution in [0.3, 0.4) is 0 Å². The Morgan fingerprint density at radius 2 is 1.84 bits per heavy atom. The van der Waals surface area contributed by atoms with Gasteiger partial charge in [-0.2, -0.15) is 0 Å². The predicted molar refractivity (Wildman–Crippen MR) is 96.1 cm³/mol. The van der Waals surface area contributed by atoms with Crippen LogP contribution in [0.2, 0.25) is 0 Å². The number of hydrogen-bond acceptors (Lipinski definition) is 4. The van der Waals surface area contributed by atoms with E-state index in [0.29, 0.717) is 17.2 Å². The van der Waals surface area contributed by atoms with Gasteiger partial charge in [0, 0.05) is 18.2 Å². The smallest absolute Gasteiger partial charge is 0.251 e. The first-order valence-corrected chi connectivity index (χ1v) is 9.72. The van der Waals surface area contributed by atoms with Gasteiger partial charge in [0.25, 0.3) is 5.91 Å². The van der Waals surface area contributed by atoms with Crippen molar-refractivity contribution in [2.24, 2.45) is 5.92 Å². The molecular formula is C20H28N2O3. The van der Waals surface area contributed by atoms with Crippen molar-refractivity contribution in [3.8, 4) is 11.5 Å². The molecular weight excluding hydrogens is 316 g/mol. The summed E-state index contributed by atoms with van der Waals surface area (Å²) in [6, 6.07) is 5.73. The van der Waals surface area contributed by atoms with Gasteiger partial charge in [0.1, 0.15) is 0 Å². The molecule has 0 aromatic heterocycles. The maximum atomic E-state index is 12.7. The summed E-state index contributed by atoms with van der Waals surface area (Å²) in [6.45, 7) is 3.81. The third-order valence-electron chi connectivity index (χ3n) is 5.80. The van der Waals surface area contributed by atoms with Gasteiger partial charge >= 0.3 is 0 Å². The van der Waals surface area contributed by atoms with E-state index < -0.39 is 0 Å². The highest BCUT2D eigenvalue weighted by Gasteiger charge is 2.29. The molecule has 1 aromatic rings. The van der Waals surface area contributed by atoms with Crippen LogP contribution in [0.25, 0.3) is 0 Å². The molecule has 5 heteroatoms. The van der Waals surface area contributed by atoms with Crippen LogP contribution in [0, 0.1) is 5.92 Å². The first kappa shape index (κ1) is 16.7. The van der Waals surface area contributed by atoms with Gasteiger partial charge in [-0.1, -0.05) is 19.3 Å². The number of rotatable bonds is 4. The largest absolute Gasteiger partial charge is 0.454 e. The molecule has 1 amide bonds. The SMILES string of the molecule is O=C(NC1CCCCC1CN1CCCCC1)c1ccc2c(c1)OCO2. The summed E-state index contributed by atoms with van der Waals surface area (Å²) in [5, 5.41) is 3.30. The minimum absolute atomic E-state index is 0.00819. The molecule has 1 aromatic carbocycles. The average Bonchev–Trinajstić information content (AvgIpc) is 3.12. The third kappa shape index (κ3) is 3.92. The van der Waals surface area contributed by atoms with Gasteiger partial charge in [-0.3, -0.25) is 4.79 Å². The van der Waals surface area contributed by atoms with Gasteiger partial charge in [-0.15, -0.1) is 0 Å². The zero-order chi connectivity index (χ0) is 17.1. The zero-order valence-electron chi connectivity index (χ0n) is 14.8. The van der Waals surface area contributed by atoms with Crippen molar-refractivity contribution >= 4 is 5.91 Å². The van der Waals surface area contributed by atoms with Crippen LogP contribution >= 0.6 is 0 Å². The lowest BCUT2D eigenvalue weighted by Crippen LogP contribution is -2.47. The number of carbonyl (C=O) groups excluding carboxylic acids is 1. The lowest BCUT2D eigenvalue weighted by molar-refractivity contribution is 0.0877. The highest BCUT2D eigenvalue weighted by atomic mass is 16.7. The van der Waals surface area contributed by atoms with Crippen molar-refractivity contribution in [1.82, 2.24) is 10.2 Å². The van der Waals surface area contributed by atoms with Crippen LogP contribution in [0.5, 0.6) is 11.5 Å². The second-order valence-corrected chi connectivity index (χ2v) is 7.55. The number of piperidine rings is 1. The zero-order valence-corrected chi connectivity index (χ0v) is 14.8. The Morgan fingerprint density at radius 1 is 1.04 bits per heavy atom. The van der Waals surface area contributed by atoms with Crippen molar-refractivity contribution in [2.75, 3.05) is 26.4 Å². The van der Waals surface area contributed by atoms with E-state index in [0.717, 1.165) is 18.7 Å². The first-order chi connectivity index (χ1) is 12.3. The van der Waals surface area contributed by atoms with Crippen LogP contribution in [0.15, 0.2) is 18.2 Å². The Hall–Kier alpha value is -1.75. The number of nitrogens with one attached hydrogen (secondary N) is 1. The molecule has 0 radical (unpaired) electrons. The van der Waals surface area contributed by atoms with Crippen molar-refractivity contribution in [3.05, 3.63) is 23.8 Å². The normalized spacial score (nSPS) is 26.4. The van der Waals surface area contributed by atoms with E-state index >= 15 is 0 Å². The number of amides is 1. The topological polar surface area (TPSA) is 50.8 Å². The molecule has 1 saturated heterocycles. The van der Waals surface area contributed by atoms with Crippen LogP contribution in [0.4, 0.5) is 0 Å². The van der Waals surface area contributed by atoms with Crippen molar-refractivity contribution in [3.63, 3.8) is 0 Å². The average molecular weight is 344 g/mol. The van der Waals surface area contributed by atoms with E-state index in [-0.39, 0.29) is 18.7 Å². The van der Waals surface area contributed by atoms with Gasteiger partial charge in [0.15, 0.2) is 11.5 Å². The third-order valence-corrected chi connectivity index (χ3v) is 5.80. The van der Waals surface area contributed by atoms with E-state index in [1.807, 2.05) is 12.1 Å². The molecule has 1 aliphatic carbocycles. The molecule has 136 valence electrons. The number of fused-ring (bicyclic) bond motifs is 1. The summed E-state index contributed by atoms with van der Waals surface area (Å²) in [6.07, 6.45) is 8.82. The van der Waals surface area contributed by atoms with Crippen LogP contribution in [-0.2, 0) is 0 Å². The molecule has 0 spiro atoms. The van der Waals surface area contributed by atoms with Crippen molar-refractivity contribution in [2.45, 2.75) is 51.0 Å². The summed E-state index contributed by atoms with van der Waals surface area (Å²) in [5.41, 5.74) is 0.659. The number of benzene rings is 1. The number of likely N-dealkylation sites (tertiary alicyclic amines) is 1. The lowest BCUT2D eigenvalue weighted by atomic mass is 9.83. The first-order valence-electron chi connectivity index (χ1n) is 9.72. The summed E-state index contributed by atoms with van der Waals surface area (Å²) in [7, 11) is 0. The van der Waals surface area contributed by atoms with Crippen LogP contribution in [-0.4, -0.2) is 43.3 Å². The summed E-state index contributed by atoms with van der Waals surface area (Å²) < 4.78 is 10.7. The minimum atomic E-state index is 0.00819. The van der Waals surface area contributed by atoms with E-state index in [1.54, 1.807) is 6.07 Å². The van der Waals surface area contributed by atoms with E-state index in [9.17, 15) is 4.79 Å². The number of carbonyl (C=O) groups is 1. The Kier molecular flexibility index (Phi) is 5.11. The molecule has 2 heterocycles. The highest BCUT2D eigenvalue weighted by molar-refractivity contribution is 5.95. The maximum Gasteiger partial charge on any atom is 0.251 e. The molecule has 2 atom stereocenters. The molecule has 0 bridgehead atoms. The van der Waals surface area contributed by atoms with Crippen LogP contribution < -0.4 is 14.8 Å². The Morgan fingerprint density at radius 3 is 2.72 bits per heavy atom. The summed E-state index contributed by atoms with van der Waals surface area (Å²) in [4.78, 5) is 15.3. The van der Waals surface area contributed by atoms with E-state index in [4.69, 9.17) is 9.47 Å². The molecule has 3 aliphatic rings. The highest BCUT2D eigenvalue weighted by Crippen LogP contribution is 2.33. The monoisotopic (exact) mass is 344 g/mol. The van der Waals surface area contributed by atoms with Gasteiger partial charge in [-0.25, -0.2) is 0 Å². The number of nitrogens with zero attached hydrogens (tertiary/aromatic N) is 1. The molecule has 2 unspecified atom stereocenters. The van der Waals surface area contributed by atoms with Gasteiger partial charge in [0.2, 0.25) is 6.79 Å². The fraction of sp³-hybridized carbons (Fsp3) is 0.650. The molecule has 2 fully saturated rings. The Balaban J connectivity index is 1.39. The van der Waals surface area contributed by atoms with Crippen molar-refractivity contribution in [1.29, 1.82) is 0 Å². The molecule has 1 saturated carbocycles. The Labute approximate surface area is 149 Å². The lowest BCUT2D eigenvalue weighted by Gasteiger charge is -2.37. The van der Waals surface area contributed by atoms with Gasteiger partial charge < -0.3 is 19.7 Å². The van der Waals surface area contributed by atoms with Gasteiger partial charge in [0.05, 0.1) is 0 Å². The standard InChI is InChI=1S/C20H28N2O3/c23-20(15-8-9-18-19(12-15)25-14-24-18)21-17-7-3-2-6-16(17)13-22-10-4-1-5-11-22/h8-9,12,16-17H,1-7,10-11,13-14H2,(H,21,23). The molecule has 4 rings (SSSR count). The van der Waals surface area contributed by atoms with Gasteiger partial charge in [-0.05, 0) is 62.9 Å². The fourth-order valence-corrected chi connectivity index (χ4v) is 4.38. The maximum absolute atomic E-state index is 12.7. The quantitative estimate of drug-likeness (QED) is 0.911. The Bertz CT molecular complexity index is 613. The summed E-state index contributed by atoms with van der Waals surface area (Å²) in [5.74, 6) is 1.97. The number of ether oxygens (including phenoxy) is 2. The molecule has 2 aliphatic heterocycles. The molecule has 5 nitrogen and oxygen atoms in total. The van der Waals surface area contributed by atoms with Crippen molar-refractivity contribution < 1.29 is 14.3 Å². The molecule has 1 N–H and O–H groups in total. The number of hydrogen-bond donors (Lipinski definition) is 1. The van der Waals surface area contributed by atoms with E-state index in [2.05, 4.69) is 10.2 Å². The van der Waals surface area contributed by atoms with Crippen LogP contribution in [0.1, 0.15) is 55.3 Å². The molecule has 25 heavy (non-hydrogen) atoms. The van der Waals surface area contributed by atoms with E-state index in [1.165, 1.54) is 51.6 Å². The minimum Gasteiger partial charge on any atom is -0.454 e.